The van der Waals surface area contributed by atoms with Crippen LogP contribution in [0.2, 0.25) is 5.02 Å². The van der Waals surface area contributed by atoms with Crippen molar-refractivity contribution in [3.8, 4) is 5.69 Å². The van der Waals surface area contributed by atoms with Gasteiger partial charge in [0.1, 0.15) is 6.33 Å². The van der Waals surface area contributed by atoms with Crippen LogP contribution in [0.15, 0.2) is 29.3 Å². The molecule has 2 aromatic rings. The normalized spacial score (nSPS) is 10.4. The molecule has 0 radical (unpaired) electrons. The van der Waals surface area contributed by atoms with Crippen molar-refractivity contribution in [2.45, 2.75) is 0 Å². The second-order valence-electron chi connectivity index (χ2n) is 2.63. The molecule has 0 fully saturated rings. The highest BCUT2D eigenvalue weighted by Crippen LogP contribution is 2.21. The number of nitrogens with one attached hydrogen (secondary N) is 1. The summed E-state index contributed by atoms with van der Waals surface area (Å²) in [6, 6.07) is 5.44. The number of H-pyrrole nitrogens is 1. The maximum absolute atomic E-state index is 11.2. The average Bonchev–Trinajstić information content (AvgIpc) is 2.52. The topological polar surface area (TPSA) is 50.7 Å². The molecule has 0 aliphatic carbocycles. The molecule has 4 nitrogen and oxygen atoms in total. The van der Waals surface area contributed by atoms with E-state index in [0.29, 0.717) is 10.7 Å². The number of hydrogen-bond acceptors (Lipinski definition) is 2. The summed E-state index contributed by atoms with van der Waals surface area (Å²) in [7, 11) is 0. The van der Waals surface area contributed by atoms with Crippen molar-refractivity contribution in [1.82, 2.24) is 14.8 Å². The maximum atomic E-state index is 11.2. The van der Waals surface area contributed by atoms with Crippen LogP contribution in [0, 0.1) is 3.57 Å². The molecule has 0 atom stereocenters. The van der Waals surface area contributed by atoms with Crippen LogP contribution in [-0.2, 0) is 0 Å². The van der Waals surface area contributed by atoms with E-state index in [1.165, 1.54) is 10.9 Å². The van der Waals surface area contributed by atoms with Crippen LogP contribution >= 0.6 is 34.2 Å². The summed E-state index contributed by atoms with van der Waals surface area (Å²) in [6.45, 7) is 0. The van der Waals surface area contributed by atoms with Gasteiger partial charge in [0.15, 0.2) is 0 Å². The maximum Gasteiger partial charge on any atom is 0.347 e. The van der Waals surface area contributed by atoms with Crippen LogP contribution in [0.4, 0.5) is 0 Å². The van der Waals surface area contributed by atoms with Crippen LogP contribution in [0.25, 0.3) is 5.69 Å². The Labute approximate surface area is 98.0 Å². The Morgan fingerprint density at radius 2 is 2.29 bits per heavy atom. The van der Waals surface area contributed by atoms with Crippen molar-refractivity contribution < 1.29 is 0 Å². The minimum absolute atomic E-state index is 0.298. The van der Waals surface area contributed by atoms with Crippen LogP contribution in [0.5, 0.6) is 0 Å². The van der Waals surface area contributed by atoms with Gasteiger partial charge in [-0.05, 0) is 40.8 Å². The van der Waals surface area contributed by atoms with Gasteiger partial charge in [0, 0.05) is 3.57 Å². The molecule has 0 saturated carbocycles. The van der Waals surface area contributed by atoms with Gasteiger partial charge in [-0.25, -0.2) is 14.5 Å². The largest absolute Gasteiger partial charge is 0.347 e. The summed E-state index contributed by atoms with van der Waals surface area (Å²) >= 11 is 8.14. The van der Waals surface area contributed by atoms with E-state index in [1.54, 1.807) is 12.1 Å². The quantitative estimate of drug-likeness (QED) is 0.815. The molecule has 0 saturated heterocycles. The summed E-state index contributed by atoms with van der Waals surface area (Å²) in [5.74, 6) is 0. The molecule has 6 heteroatoms. The van der Waals surface area contributed by atoms with Crippen molar-refractivity contribution >= 4 is 34.2 Å². The lowest BCUT2D eigenvalue weighted by molar-refractivity contribution is 0.982. The number of nitrogens with zero attached hydrogens (tertiary/aromatic N) is 2. The van der Waals surface area contributed by atoms with E-state index in [-0.39, 0.29) is 5.69 Å². The standard InChI is InChI=1S/C8H5ClIN3O/c9-6-3-5(10)1-2-7(6)13-4-11-12-8(13)14/h1-4H,(H,12,14). The van der Waals surface area contributed by atoms with E-state index < -0.39 is 0 Å². The lowest BCUT2D eigenvalue weighted by Gasteiger charge is -2.02. The number of hydrogen-bond donors (Lipinski definition) is 1. The summed E-state index contributed by atoms with van der Waals surface area (Å²) in [6.07, 6.45) is 1.40. The van der Waals surface area contributed by atoms with Crippen LogP contribution in [0.3, 0.4) is 0 Å². The molecular weight excluding hydrogens is 316 g/mol. The Kier molecular flexibility index (Phi) is 2.60. The number of halogens is 2. The summed E-state index contributed by atoms with van der Waals surface area (Å²) in [4.78, 5) is 11.2. The zero-order valence-corrected chi connectivity index (χ0v) is 9.78. The minimum Gasteiger partial charge on any atom is -0.248 e. The monoisotopic (exact) mass is 321 g/mol. The van der Waals surface area contributed by atoms with E-state index in [2.05, 4.69) is 32.8 Å². The van der Waals surface area contributed by atoms with Gasteiger partial charge in [0.05, 0.1) is 10.7 Å². The molecule has 0 unspecified atom stereocenters. The van der Waals surface area contributed by atoms with E-state index >= 15 is 0 Å². The number of benzene rings is 1. The molecule has 0 bridgehead atoms. The second kappa shape index (κ2) is 3.74. The van der Waals surface area contributed by atoms with E-state index in [0.717, 1.165) is 3.57 Å². The summed E-state index contributed by atoms with van der Waals surface area (Å²) < 4.78 is 2.38. The van der Waals surface area contributed by atoms with Gasteiger partial charge in [-0.2, -0.15) is 5.10 Å². The Hall–Kier alpha value is -0.820. The summed E-state index contributed by atoms with van der Waals surface area (Å²) in [5, 5.41) is 6.46. The zero-order valence-electron chi connectivity index (χ0n) is 6.87. The molecule has 0 aliphatic heterocycles. The van der Waals surface area contributed by atoms with Gasteiger partial charge in [-0.1, -0.05) is 11.6 Å². The van der Waals surface area contributed by atoms with E-state index in [9.17, 15) is 4.79 Å². The Bertz CT molecular complexity index is 519. The van der Waals surface area contributed by atoms with Gasteiger partial charge in [-0.15, -0.1) is 0 Å². The third kappa shape index (κ3) is 1.69. The minimum atomic E-state index is -0.298. The first-order valence-electron chi connectivity index (χ1n) is 3.76. The second-order valence-corrected chi connectivity index (χ2v) is 4.28. The van der Waals surface area contributed by atoms with Gasteiger partial charge < -0.3 is 0 Å². The third-order valence-electron chi connectivity index (χ3n) is 1.72. The molecular formula is C8H5ClIN3O. The highest BCUT2D eigenvalue weighted by molar-refractivity contribution is 14.1. The molecule has 0 spiro atoms. The molecule has 0 aliphatic rings. The van der Waals surface area contributed by atoms with Gasteiger partial charge in [0.2, 0.25) is 0 Å². The van der Waals surface area contributed by atoms with Crippen molar-refractivity contribution in [3.63, 3.8) is 0 Å². The molecule has 0 amide bonds. The predicted molar refractivity (Wildman–Crippen MR) is 61.9 cm³/mol. The molecule has 1 aromatic heterocycles. The van der Waals surface area contributed by atoms with Crippen molar-refractivity contribution in [1.29, 1.82) is 0 Å². The lowest BCUT2D eigenvalue weighted by atomic mass is 10.3. The molecule has 14 heavy (non-hydrogen) atoms. The first-order chi connectivity index (χ1) is 6.68. The fourth-order valence-corrected chi connectivity index (χ4v) is 2.04. The Balaban J connectivity index is 2.63. The van der Waals surface area contributed by atoms with Crippen molar-refractivity contribution in [3.05, 3.63) is 43.6 Å². The smallest absolute Gasteiger partial charge is 0.248 e. The SMILES string of the molecule is O=c1[nH]ncn1-c1ccc(I)cc1Cl. The van der Waals surface area contributed by atoms with E-state index in [1.807, 2.05) is 6.07 Å². The van der Waals surface area contributed by atoms with Crippen LogP contribution in [0.1, 0.15) is 0 Å². The van der Waals surface area contributed by atoms with Gasteiger partial charge >= 0.3 is 5.69 Å². The predicted octanol–water partition coefficient (Wildman–Crippen LogP) is 1.82. The van der Waals surface area contributed by atoms with Crippen molar-refractivity contribution in [2.24, 2.45) is 0 Å². The first-order valence-corrected chi connectivity index (χ1v) is 5.21. The Morgan fingerprint density at radius 3 is 2.86 bits per heavy atom. The van der Waals surface area contributed by atoms with E-state index in [4.69, 9.17) is 11.6 Å². The first kappa shape index (κ1) is 9.72. The number of rotatable bonds is 1. The lowest BCUT2D eigenvalue weighted by Crippen LogP contribution is -2.14. The van der Waals surface area contributed by atoms with Crippen LogP contribution < -0.4 is 5.69 Å². The molecule has 72 valence electrons. The molecule has 1 heterocycles. The van der Waals surface area contributed by atoms with Crippen LogP contribution in [-0.4, -0.2) is 14.8 Å². The van der Waals surface area contributed by atoms with Gasteiger partial charge in [0.25, 0.3) is 0 Å². The summed E-state index contributed by atoms with van der Waals surface area (Å²) in [5.41, 5.74) is 0.332. The third-order valence-corrected chi connectivity index (χ3v) is 2.70. The van der Waals surface area contributed by atoms with Gasteiger partial charge in [-0.3, -0.25) is 0 Å². The molecule has 1 N–H and O–H groups in total. The molecule has 2 rings (SSSR count). The highest BCUT2D eigenvalue weighted by atomic mass is 127. The number of aromatic amines is 1. The highest BCUT2D eigenvalue weighted by Gasteiger charge is 2.05. The molecule has 1 aromatic carbocycles. The van der Waals surface area contributed by atoms with Crippen molar-refractivity contribution in [2.75, 3.05) is 0 Å². The Morgan fingerprint density at radius 1 is 1.50 bits per heavy atom. The fourth-order valence-electron chi connectivity index (χ4n) is 1.10. The number of aromatic nitrogens is 3. The zero-order chi connectivity index (χ0) is 10.1. The average molecular weight is 322 g/mol. The fraction of sp³-hybridized carbons (Fsp3) is 0.